The van der Waals surface area contributed by atoms with Crippen LogP contribution < -0.4 is 0 Å². The molecule has 0 spiro atoms. The van der Waals surface area contributed by atoms with Crippen LogP contribution in [0.25, 0.3) is 0 Å². The summed E-state index contributed by atoms with van der Waals surface area (Å²) in [6.07, 6.45) is -0.841. The van der Waals surface area contributed by atoms with Crippen molar-refractivity contribution in [2.75, 3.05) is 7.11 Å². The molecule has 2 aromatic rings. The topological polar surface area (TPSA) is 52.6 Å². The van der Waals surface area contributed by atoms with E-state index in [1.807, 2.05) is 32.9 Å². The maximum Gasteiger partial charge on any atom is 0.338 e. The van der Waals surface area contributed by atoms with E-state index >= 15 is 0 Å². The van der Waals surface area contributed by atoms with Gasteiger partial charge in [-0.05, 0) is 68.1 Å². The molecule has 25 heavy (non-hydrogen) atoms. The summed E-state index contributed by atoms with van der Waals surface area (Å²) in [5.74, 6) is -0.698. The van der Waals surface area contributed by atoms with Gasteiger partial charge in [0.05, 0.1) is 12.2 Å². The lowest BCUT2D eigenvalue weighted by atomic mass is 9.96. The first-order valence-electron chi connectivity index (χ1n) is 8.24. The number of rotatable bonds is 6. The lowest BCUT2D eigenvalue weighted by molar-refractivity contribution is 0.0318. The van der Waals surface area contributed by atoms with Gasteiger partial charge in [0.15, 0.2) is 6.10 Å². The van der Waals surface area contributed by atoms with Crippen molar-refractivity contribution in [3.05, 3.63) is 69.8 Å². The predicted octanol–water partition coefficient (Wildman–Crippen LogP) is 4.19. The molecule has 4 nitrogen and oxygen atoms in total. The molecule has 0 saturated carbocycles. The van der Waals surface area contributed by atoms with Gasteiger partial charge in [0.25, 0.3) is 0 Å². The number of benzene rings is 2. The predicted molar refractivity (Wildman–Crippen MR) is 97.0 cm³/mol. The van der Waals surface area contributed by atoms with Crippen LogP contribution in [0, 0.1) is 20.8 Å². The van der Waals surface area contributed by atoms with Crippen LogP contribution in [0.3, 0.4) is 0 Å². The zero-order valence-corrected chi connectivity index (χ0v) is 15.4. The minimum Gasteiger partial charge on any atom is -0.451 e. The van der Waals surface area contributed by atoms with Crippen LogP contribution in [0.4, 0.5) is 0 Å². The minimum atomic E-state index is -0.841. The molecule has 0 aliphatic heterocycles. The summed E-state index contributed by atoms with van der Waals surface area (Å²) in [5, 5.41) is 0. The molecule has 0 amide bonds. The van der Waals surface area contributed by atoms with Gasteiger partial charge >= 0.3 is 5.97 Å². The Balaban J connectivity index is 2.10. The van der Waals surface area contributed by atoms with E-state index in [2.05, 4.69) is 0 Å². The first-order chi connectivity index (χ1) is 11.8. The van der Waals surface area contributed by atoms with Crippen LogP contribution in [0.5, 0.6) is 0 Å². The van der Waals surface area contributed by atoms with E-state index in [1.165, 1.54) is 0 Å². The van der Waals surface area contributed by atoms with Gasteiger partial charge in [0.2, 0.25) is 5.78 Å². The van der Waals surface area contributed by atoms with Gasteiger partial charge in [0, 0.05) is 12.7 Å². The molecule has 0 aromatic heterocycles. The van der Waals surface area contributed by atoms with E-state index in [9.17, 15) is 9.59 Å². The standard InChI is InChI=1S/C21H24O4/c1-13-10-15(3)19(11-14(13)2)20(22)16(4)25-21(23)18-8-6-17(7-9-18)12-24-5/h6-11,16H,12H2,1-5H3. The normalized spacial score (nSPS) is 11.9. The third kappa shape index (κ3) is 4.54. The van der Waals surface area contributed by atoms with Gasteiger partial charge in [0.1, 0.15) is 0 Å². The highest BCUT2D eigenvalue weighted by atomic mass is 16.5. The van der Waals surface area contributed by atoms with Crippen molar-refractivity contribution in [1.29, 1.82) is 0 Å². The van der Waals surface area contributed by atoms with E-state index in [0.717, 1.165) is 22.3 Å². The molecular formula is C21H24O4. The Morgan fingerprint density at radius 3 is 2.16 bits per heavy atom. The fraction of sp³-hybridized carbons (Fsp3) is 0.333. The zero-order chi connectivity index (χ0) is 18.6. The quantitative estimate of drug-likeness (QED) is 0.584. The largest absolute Gasteiger partial charge is 0.451 e. The Labute approximate surface area is 148 Å². The Morgan fingerprint density at radius 1 is 0.960 bits per heavy atom. The second-order valence-electron chi connectivity index (χ2n) is 6.29. The summed E-state index contributed by atoms with van der Waals surface area (Å²) in [4.78, 5) is 24.9. The van der Waals surface area contributed by atoms with Gasteiger partial charge in [-0.1, -0.05) is 18.2 Å². The average Bonchev–Trinajstić information content (AvgIpc) is 2.58. The third-order valence-electron chi connectivity index (χ3n) is 4.26. The average molecular weight is 340 g/mol. The van der Waals surface area contributed by atoms with Gasteiger partial charge in [-0.2, -0.15) is 0 Å². The van der Waals surface area contributed by atoms with Crippen LogP contribution >= 0.6 is 0 Å². The lowest BCUT2D eigenvalue weighted by Crippen LogP contribution is -2.25. The lowest BCUT2D eigenvalue weighted by Gasteiger charge is -2.15. The molecule has 0 saturated heterocycles. The van der Waals surface area contributed by atoms with Crippen molar-refractivity contribution in [1.82, 2.24) is 0 Å². The number of ether oxygens (including phenoxy) is 2. The van der Waals surface area contributed by atoms with E-state index in [1.54, 1.807) is 38.3 Å². The highest BCUT2D eigenvalue weighted by molar-refractivity contribution is 6.02. The Kier molecular flexibility index (Phi) is 6.10. The first kappa shape index (κ1) is 18.9. The zero-order valence-electron chi connectivity index (χ0n) is 15.4. The molecule has 2 aromatic carbocycles. The third-order valence-corrected chi connectivity index (χ3v) is 4.26. The maximum absolute atomic E-state index is 12.6. The number of hydrogen-bond donors (Lipinski definition) is 0. The van der Waals surface area contributed by atoms with E-state index in [4.69, 9.17) is 9.47 Å². The van der Waals surface area contributed by atoms with Crippen molar-refractivity contribution in [2.24, 2.45) is 0 Å². The number of Topliss-reactive ketones (excluding diaryl/α,β-unsaturated/α-hetero) is 1. The molecular weight excluding hydrogens is 316 g/mol. The molecule has 0 heterocycles. The molecule has 0 aliphatic rings. The van der Waals surface area contributed by atoms with Crippen molar-refractivity contribution in [2.45, 2.75) is 40.4 Å². The number of ketones is 1. The van der Waals surface area contributed by atoms with Gasteiger partial charge in [-0.25, -0.2) is 4.79 Å². The van der Waals surface area contributed by atoms with Gasteiger partial charge in [-0.15, -0.1) is 0 Å². The van der Waals surface area contributed by atoms with E-state index in [-0.39, 0.29) is 5.78 Å². The fourth-order valence-corrected chi connectivity index (χ4v) is 2.63. The molecule has 0 fully saturated rings. The molecule has 0 aliphatic carbocycles. The number of aryl methyl sites for hydroxylation is 3. The molecule has 0 bridgehead atoms. The van der Waals surface area contributed by atoms with Crippen molar-refractivity contribution < 1.29 is 19.1 Å². The van der Waals surface area contributed by atoms with Crippen LogP contribution in [0.1, 0.15) is 49.9 Å². The Bertz CT molecular complexity index is 775. The van der Waals surface area contributed by atoms with Crippen LogP contribution in [-0.2, 0) is 16.1 Å². The first-order valence-corrected chi connectivity index (χ1v) is 8.24. The summed E-state index contributed by atoms with van der Waals surface area (Å²) in [6.45, 7) is 7.95. The van der Waals surface area contributed by atoms with Gasteiger partial charge < -0.3 is 9.47 Å². The van der Waals surface area contributed by atoms with Crippen molar-refractivity contribution in [3.8, 4) is 0 Å². The smallest absolute Gasteiger partial charge is 0.338 e. The summed E-state index contributed by atoms with van der Waals surface area (Å²) in [5.41, 5.74) is 5.04. The molecule has 132 valence electrons. The molecule has 0 N–H and O–H groups in total. The fourth-order valence-electron chi connectivity index (χ4n) is 2.63. The monoisotopic (exact) mass is 340 g/mol. The number of esters is 1. The van der Waals surface area contributed by atoms with Crippen LogP contribution in [0.2, 0.25) is 0 Å². The molecule has 0 radical (unpaired) electrons. The van der Waals surface area contributed by atoms with Crippen LogP contribution in [0.15, 0.2) is 36.4 Å². The molecule has 1 unspecified atom stereocenters. The number of hydrogen-bond acceptors (Lipinski definition) is 4. The van der Waals surface area contributed by atoms with E-state index in [0.29, 0.717) is 17.7 Å². The molecule has 4 heteroatoms. The minimum absolute atomic E-state index is 0.190. The highest BCUT2D eigenvalue weighted by Crippen LogP contribution is 2.18. The summed E-state index contributed by atoms with van der Waals surface area (Å²) in [7, 11) is 1.62. The second-order valence-corrected chi connectivity index (χ2v) is 6.29. The highest BCUT2D eigenvalue weighted by Gasteiger charge is 2.22. The van der Waals surface area contributed by atoms with Crippen LogP contribution in [-0.4, -0.2) is 25.0 Å². The summed E-state index contributed by atoms with van der Waals surface area (Å²) < 4.78 is 10.4. The van der Waals surface area contributed by atoms with E-state index < -0.39 is 12.1 Å². The van der Waals surface area contributed by atoms with Gasteiger partial charge in [-0.3, -0.25) is 4.79 Å². The molecule has 1 atom stereocenters. The Morgan fingerprint density at radius 2 is 1.56 bits per heavy atom. The number of methoxy groups -OCH3 is 1. The number of carbonyl (C=O) groups is 2. The maximum atomic E-state index is 12.6. The SMILES string of the molecule is COCc1ccc(C(=O)OC(C)C(=O)c2cc(C)c(C)cc2C)cc1. The second kappa shape index (κ2) is 8.08. The van der Waals surface area contributed by atoms with Crippen molar-refractivity contribution >= 4 is 11.8 Å². The van der Waals surface area contributed by atoms with Crippen molar-refractivity contribution in [3.63, 3.8) is 0 Å². The summed E-state index contributed by atoms with van der Waals surface area (Å²) >= 11 is 0. The summed E-state index contributed by atoms with van der Waals surface area (Å²) in [6, 6.07) is 10.8. The molecule has 2 rings (SSSR count). The Hall–Kier alpha value is -2.46. The number of carbonyl (C=O) groups excluding carboxylic acids is 2.